The van der Waals surface area contributed by atoms with Gasteiger partial charge in [0.1, 0.15) is 11.9 Å². The summed E-state index contributed by atoms with van der Waals surface area (Å²) in [6, 6.07) is 43.6. The third-order valence-electron chi connectivity index (χ3n) is 11.8. The SMILES string of the molecule is c1ccc2c(c1)OC1CC3c4c(cccc4C21)B1c2c(cc4c(sc5ccccc54)c23)-c2cccc3c4sc5ccccc5c4n1c23. The Hall–Kier alpha value is -4.84. The number of fused-ring (bicyclic) bond motifs is 17. The number of benzene rings is 6. The number of hydrogen-bond donors (Lipinski definition) is 0. The van der Waals surface area contributed by atoms with Crippen molar-refractivity contribution >= 4 is 91.8 Å². The molecule has 4 aliphatic rings. The average molecular weight is 634 g/mol. The van der Waals surface area contributed by atoms with Gasteiger partial charge in [-0.05, 0) is 63.9 Å². The minimum absolute atomic E-state index is 0.114. The van der Waals surface area contributed by atoms with E-state index in [-0.39, 0.29) is 24.8 Å². The summed E-state index contributed by atoms with van der Waals surface area (Å²) >= 11 is 3.95. The molecule has 13 rings (SSSR count). The summed E-state index contributed by atoms with van der Waals surface area (Å²) in [7, 11) is 0. The maximum atomic E-state index is 6.83. The molecule has 0 saturated carbocycles. The lowest BCUT2D eigenvalue weighted by Crippen LogP contribution is -2.58. The predicted molar refractivity (Wildman–Crippen MR) is 199 cm³/mol. The van der Waals surface area contributed by atoms with Crippen LogP contribution in [0.3, 0.4) is 0 Å². The van der Waals surface area contributed by atoms with Crippen molar-refractivity contribution in [3.05, 3.63) is 138 Å². The predicted octanol–water partition coefficient (Wildman–Crippen LogP) is 9.75. The van der Waals surface area contributed by atoms with Gasteiger partial charge >= 0.3 is 6.85 Å². The van der Waals surface area contributed by atoms with E-state index in [1.54, 1.807) is 11.1 Å². The van der Waals surface area contributed by atoms with Gasteiger partial charge in [-0.15, -0.1) is 22.7 Å². The van der Waals surface area contributed by atoms with E-state index in [0.717, 1.165) is 12.2 Å². The lowest BCUT2D eigenvalue weighted by Gasteiger charge is -2.43. The van der Waals surface area contributed by atoms with Gasteiger partial charge in [-0.1, -0.05) is 91.0 Å². The summed E-state index contributed by atoms with van der Waals surface area (Å²) < 4.78 is 15.2. The highest BCUT2D eigenvalue weighted by atomic mass is 32.1. The third-order valence-corrected chi connectivity index (χ3v) is 14.2. The Bertz CT molecular complexity index is 2910. The highest BCUT2D eigenvalue weighted by Crippen LogP contribution is 2.56. The van der Waals surface area contributed by atoms with Gasteiger partial charge in [0.2, 0.25) is 0 Å². The van der Waals surface area contributed by atoms with E-state index in [0.29, 0.717) is 0 Å². The molecule has 6 aromatic carbocycles. The quantitative estimate of drug-likeness (QED) is 0.152. The highest BCUT2D eigenvalue weighted by Gasteiger charge is 2.51. The second-order valence-electron chi connectivity index (χ2n) is 13.8. The molecule has 5 heteroatoms. The number of aromatic nitrogens is 1. The van der Waals surface area contributed by atoms with Crippen LogP contribution in [0.2, 0.25) is 0 Å². The van der Waals surface area contributed by atoms with Crippen LogP contribution < -0.4 is 15.7 Å². The molecule has 2 nitrogen and oxygen atoms in total. The molecular formula is C42H24BNOS2. The summed E-state index contributed by atoms with van der Waals surface area (Å²) in [5.74, 6) is 1.61. The van der Waals surface area contributed by atoms with E-state index in [2.05, 4.69) is 120 Å². The van der Waals surface area contributed by atoms with E-state index >= 15 is 0 Å². The molecule has 0 amide bonds. The summed E-state index contributed by atoms with van der Waals surface area (Å²) in [6.07, 6.45) is 1.13. The maximum absolute atomic E-state index is 6.83. The largest absolute Gasteiger partial charge is 0.489 e. The van der Waals surface area contributed by atoms with Gasteiger partial charge in [0, 0.05) is 64.1 Å². The topological polar surface area (TPSA) is 14.2 Å². The number of rotatable bonds is 0. The minimum Gasteiger partial charge on any atom is -0.489 e. The fraction of sp³-hybridized carbons (Fsp3) is 0.0952. The summed E-state index contributed by atoms with van der Waals surface area (Å²) in [5.41, 5.74) is 14.5. The molecule has 3 atom stereocenters. The Labute approximate surface area is 278 Å². The summed E-state index contributed by atoms with van der Waals surface area (Å²) in [5, 5.41) is 5.53. The smallest absolute Gasteiger partial charge is 0.329 e. The Morgan fingerprint density at radius 2 is 1.36 bits per heavy atom. The van der Waals surface area contributed by atoms with Crippen molar-refractivity contribution in [1.29, 1.82) is 0 Å². The zero-order valence-electron chi connectivity index (χ0n) is 25.2. The first-order valence-electron chi connectivity index (χ1n) is 16.6. The molecule has 0 fully saturated rings. The molecular weight excluding hydrogens is 609 g/mol. The zero-order valence-corrected chi connectivity index (χ0v) is 26.8. The van der Waals surface area contributed by atoms with Crippen molar-refractivity contribution in [2.24, 2.45) is 0 Å². The zero-order chi connectivity index (χ0) is 30.1. The molecule has 3 unspecified atom stereocenters. The van der Waals surface area contributed by atoms with Crippen molar-refractivity contribution in [3.63, 3.8) is 0 Å². The number of para-hydroxylation sites is 2. The molecule has 1 aliphatic carbocycles. The van der Waals surface area contributed by atoms with Gasteiger partial charge in [0.15, 0.2) is 0 Å². The molecule has 6 heterocycles. The van der Waals surface area contributed by atoms with Gasteiger partial charge in [-0.25, -0.2) is 0 Å². The molecule has 9 aromatic rings. The van der Waals surface area contributed by atoms with Gasteiger partial charge in [-0.3, -0.25) is 0 Å². The monoisotopic (exact) mass is 633 g/mol. The molecule has 218 valence electrons. The van der Waals surface area contributed by atoms with Crippen LogP contribution in [0, 0.1) is 0 Å². The standard InChI is InChI=1S/C42H24BNOS2/c1-4-16-31-23(10-1)36-25-13-8-15-30-35(25)29(20-32(36)45-31)37-38-27(19-28-21-9-2-5-17-33(21)46-41(28)37)22-12-7-14-26-39(22)44(43(30)38)40-24-11-3-6-18-34(24)47-42(26)40/h1-19,29,32,36H,20H2. The highest BCUT2D eigenvalue weighted by molar-refractivity contribution is 7.27. The molecule has 47 heavy (non-hydrogen) atoms. The maximum Gasteiger partial charge on any atom is 0.329 e. The molecule has 0 saturated heterocycles. The van der Waals surface area contributed by atoms with Crippen LogP contribution in [0.1, 0.15) is 40.5 Å². The molecule has 3 aliphatic heterocycles. The van der Waals surface area contributed by atoms with Gasteiger partial charge in [-0.2, -0.15) is 0 Å². The second kappa shape index (κ2) is 8.17. The van der Waals surface area contributed by atoms with Crippen molar-refractivity contribution in [1.82, 2.24) is 4.48 Å². The Kier molecular flexibility index (Phi) is 4.23. The van der Waals surface area contributed by atoms with Crippen LogP contribution in [-0.4, -0.2) is 17.4 Å². The average Bonchev–Trinajstić information content (AvgIpc) is 3.86. The Morgan fingerprint density at radius 3 is 2.30 bits per heavy atom. The van der Waals surface area contributed by atoms with Crippen LogP contribution in [0.4, 0.5) is 0 Å². The Balaban J connectivity index is 1.25. The first-order valence-corrected chi connectivity index (χ1v) is 18.3. The van der Waals surface area contributed by atoms with E-state index < -0.39 is 0 Å². The van der Waals surface area contributed by atoms with Gasteiger partial charge in [0.05, 0.1) is 10.2 Å². The number of nitrogens with zero attached hydrogens (tertiary/aromatic N) is 1. The second-order valence-corrected chi connectivity index (χ2v) is 15.9. The van der Waals surface area contributed by atoms with Gasteiger partial charge < -0.3 is 9.21 Å². The van der Waals surface area contributed by atoms with E-state index in [1.165, 1.54) is 84.6 Å². The van der Waals surface area contributed by atoms with Crippen LogP contribution >= 0.6 is 22.7 Å². The fourth-order valence-corrected chi connectivity index (χ4v) is 12.7. The molecule has 0 bridgehead atoms. The van der Waals surface area contributed by atoms with E-state index in [4.69, 9.17) is 4.74 Å². The van der Waals surface area contributed by atoms with Crippen molar-refractivity contribution in [2.45, 2.75) is 24.4 Å². The van der Waals surface area contributed by atoms with Gasteiger partial charge in [0.25, 0.3) is 0 Å². The lowest BCUT2D eigenvalue weighted by molar-refractivity contribution is 0.191. The summed E-state index contributed by atoms with van der Waals surface area (Å²) in [6.45, 7) is 0.114. The molecule has 0 spiro atoms. The van der Waals surface area contributed by atoms with Crippen LogP contribution in [0.5, 0.6) is 5.75 Å². The Morgan fingerprint density at radius 1 is 0.617 bits per heavy atom. The van der Waals surface area contributed by atoms with Crippen LogP contribution in [-0.2, 0) is 0 Å². The summed E-state index contributed by atoms with van der Waals surface area (Å²) in [4.78, 5) is 0. The minimum atomic E-state index is 0.114. The molecule has 0 radical (unpaired) electrons. The number of ether oxygens (including phenoxy) is 1. The number of thiophene rings is 2. The molecule has 0 N–H and O–H groups in total. The normalized spacial score (nSPS) is 19.7. The number of hydrogen-bond acceptors (Lipinski definition) is 3. The molecule has 3 aromatic heterocycles. The van der Waals surface area contributed by atoms with Crippen molar-refractivity contribution in [2.75, 3.05) is 0 Å². The van der Waals surface area contributed by atoms with E-state index in [9.17, 15) is 0 Å². The third kappa shape index (κ3) is 2.73. The first-order chi connectivity index (χ1) is 23.3. The first kappa shape index (κ1) is 24.4. The van der Waals surface area contributed by atoms with Crippen LogP contribution in [0.15, 0.2) is 115 Å². The lowest BCUT2D eigenvalue weighted by atomic mass is 9.40. The van der Waals surface area contributed by atoms with Crippen molar-refractivity contribution in [3.8, 4) is 16.9 Å². The van der Waals surface area contributed by atoms with Crippen molar-refractivity contribution < 1.29 is 4.74 Å². The van der Waals surface area contributed by atoms with Crippen LogP contribution in [0.25, 0.3) is 62.5 Å². The fourth-order valence-electron chi connectivity index (χ4n) is 10.2. The van der Waals surface area contributed by atoms with E-state index in [1.807, 2.05) is 22.7 Å².